The number of nitrogens with one attached hydrogen (secondary N) is 1. The quantitative estimate of drug-likeness (QED) is 0.857. The first-order valence-electron chi connectivity index (χ1n) is 5.18. The van der Waals surface area contributed by atoms with Crippen molar-refractivity contribution in [3.05, 3.63) is 40.7 Å². The van der Waals surface area contributed by atoms with Crippen LogP contribution in [0.25, 0.3) is 0 Å². The number of halogens is 1. The molecule has 0 unspecified atom stereocenters. The maximum absolute atomic E-state index is 6.00. The molecule has 4 nitrogen and oxygen atoms in total. The van der Waals surface area contributed by atoms with E-state index in [0.29, 0.717) is 10.8 Å². The molecule has 2 aromatic rings. The molecule has 0 bridgehead atoms. The second-order valence-electron chi connectivity index (χ2n) is 3.85. The van der Waals surface area contributed by atoms with Crippen LogP contribution in [0, 0.1) is 13.8 Å². The van der Waals surface area contributed by atoms with Crippen LogP contribution in [0.2, 0.25) is 5.02 Å². The fourth-order valence-electron chi connectivity index (χ4n) is 1.43. The number of aromatic nitrogens is 2. The van der Waals surface area contributed by atoms with Gasteiger partial charge < -0.3 is 11.1 Å². The summed E-state index contributed by atoms with van der Waals surface area (Å²) in [7, 11) is 0. The van der Waals surface area contributed by atoms with E-state index in [-0.39, 0.29) is 5.82 Å². The molecule has 17 heavy (non-hydrogen) atoms. The Balaban J connectivity index is 2.31. The second kappa shape index (κ2) is 4.59. The molecule has 1 heterocycles. The summed E-state index contributed by atoms with van der Waals surface area (Å²) in [6, 6.07) is 6.04. The van der Waals surface area contributed by atoms with Crippen molar-refractivity contribution in [1.82, 2.24) is 9.97 Å². The number of nitrogens with two attached hydrogens (primary N) is 1. The fourth-order valence-corrected chi connectivity index (χ4v) is 1.57. The second-order valence-corrected chi connectivity index (χ2v) is 4.22. The fraction of sp³-hybridized carbons (Fsp3) is 0.167. The third-order valence-electron chi connectivity index (χ3n) is 2.59. The summed E-state index contributed by atoms with van der Waals surface area (Å²) in [5, 5.41) is 3.46. The van der Waals surface area contributed by atoms with Crippen molar-refractivity contribution in [2.75, 3.05) is 11.1 Å². The summed E-state index contributed by atoms with van der Waals surface area (Å²) in [5.41, 5.74) is 8.97. The number of hydrogen-bond donors (Lipinski definition) is 2. The normalized spacial score (nSPS) is 10.3. The predicted octanol–water partition coefficient (Wildman–Crippen LogP) is 3.07. The SMILES string of the molecule is Cc1ccc(Nc2ncnc(N)c2Cl)cc1C. The molecule has 0 amide bonds. The maximum atomic E-state index is 6.00. The number of nitrogen functional groups attached to an aromatic ring is 1. The lowest BCUT2D eigenvalue weighted by Gasteiger charge is -2.09. The Hall–Kier alpha value is -1.81. The standard InChI is InChI=1S/C12H13ClN4/c1-7-3-4-9(5-8(7)2)17-12-10(13)11(14)15-6-16-12/h3-6H,1-2H3,(H3,14,15,16,17). The molecule has 88 valence electrons. The van der Waals surface area contributed by atoms with E-state index in [4.69, 9.17) is 17.3 Å². The van der Waals surface area contributed by atoms with E-state index in [9.17, 15) is 0 Å². The highest BCUT2D eigenvalue weighted by molar-refractivity contribution is 6.35. The Labute approximate surface area is 105 Å². The highest BCUT2D eigenvalue weighted by Gasteiger charge is 2.06. The molecule has 1 aromatic heterocycles. The zero-order valence-corrected chi connectivity index (χ0v) is 10.4. The number of aryl methyl sites for hydroxylation is 2. The van der Waals surface area contributed by atoms with E-state index >= 15 is 0 Å². The van der Waals surface area contributed by atoms with Gasteiger partial charge in [0.2, 0.25) is 0 Å². The molecule has 0 spiro atoms. The van der Waals surface area contributed by atoms with Crippen molar-refractivity contribution in [3.8, 4) is 0 Å². The highest BCUT2D eigenvalue weighted by Crippen LogP contribution is 2.27. The van der Waals surface area contributed by atoms with Crippen LogP contribution in [0.3, 0.4) is 0 Å². The maximum Gasteiger partial charge on any atom is 0.154 e. The summed E-state index contributed by atoms with van der Waals surface area (Å²) in [6.45, 7) is 4.12. The minimum atomic E-state index is 0.271. The van der Waals surface area contributed by atoms with Gasteiger partial charge in [0.05, 0.1) is 0 Å². The molecule has 0 atom stereocenters. The zero-order valence-electron chi connectivity index (χ0n) is 9.66. The summed E-state index contributed by atoms with van der Waals surface area (Å²) in [5.74, 6) is 0.787. The van der Waals surface area contributed by atoms with Crippen LogP contribution >= 0.6 is 11.6 Å². The number of nitrogens with zero attached hydrogens (tertiary/aromatic N) is 2. The smallest absolute Gasteiger partial charge is 0.154 e. The van der Waals surface area contributed by atoms with Crippen molar-refractivity contribution in [2.24, 2.45) is 0 Å². The van der Waals surface area contributed by atoms with Gasteiger partial charge in [-0.05, 0) is 37.1 Å². The molecule has 1 aromatic carbocycles. The van der Waals surface area contributed by atoms with Gasteiger partial charge in [-0.2, -0.15) is 0 Å². The lowest BCUT2D eigenvalue weighted by atomic mass is 10.1. The Bertz CT molecular complexity index is 554. The molecule has 3 N–H and O–H groups in total. The Morgan fingerprint density at radius 3 is 2.65 bits per heavy atom. The molecule has 0 fully saturated rings. The molecule has 0 radical (unpaired) electrons. The van der Waals surface area contributed by atoms with Crippen molar-refractivity contribution in [3.63, 3.8) is 0 Å². The van der Waals surface area contributed by atoms with Crippen molar-refractivity contribution >= 4 is 28.9 Å². The third kappa shape index (κ3) is 2.47. The van der Waals surface area contributed by atoms with Crippen LogP contribution in [-0.4, -0.2) is 9.97 Å². The van der Waals surface area contributed by atoms with Gasteiger partial charge in [0.15, 0.2) is 5.82 Å². The van der Waals surface area contributed by atoms with Gasteiger partial charge in [-0.25, -0.2) is 9.97 Å². The highest BCUT2D eigenvalue weighted by atomic mass is 35.5. The van der Waals surface area contributed by atoms with Crippen molar-refractivity contribution in [2.45, 2.75) is 13.8 Å². The van der Waals surface area contributed by atoms with E-state index in [0.717, 1.165) is 5.69 Å². The van der Waals surface area contributed by atoms with Gasteiger partial charge in [-0.15, -0.1) is 0 Å². The van der Waals surface area contributed by atoms with E-state index < -0.39 is 0 Å². The topological polar surface area (TPSA) is 63.8 Å². The van der Waals surface area contributed by atoms with Gasteiger partial charge in [-0.3, -0.25) is 0 Å². The van der Waals surface area contributed by atoms with Crippen LogP contribution in [0.15, 0.2) is 24.5 Å². The average Bonchev–Trinajstić information content (AvgIpc) is 2.30. The van der Waals surface area contributed by atoms with Gasteiger partial charge in [0, 0.05) is 5.69 Å². The van der Waals surface area contributed by atoms with E-state index in [1.165, 1.54) is 17.5 Å². The first kappa shape index (κ1) is 11.7. The van der Waals surface area contributed by atoms with Crippen LogP contribution in [0.1, 0.15) is 11.1 Å². The van der Waals surface area contributed by atoms with Gasteiger partial charge in [0.25, 0.3) is 0 Å². The lowest BCUT2D eigenvalue weighted by molar-refractivity contribution is 1.17. The van der Waals surface area contributed by atoms with E-state index in [1.54, 1.807) is 0 Å². The lowest BCUT2D eigenvalue weighted by Crippen LogP contribution is -2.00. The molecule has 5 heteroatoms. The average molecular weight is 249 g/mol. The monoisotopic (exact) mass is 248 g/mol. The number of rotatable bonds is 2. The first-order chi connectivity index (χ1) is 8.08. The summed E-state index contributed by atoms with van der Waals surface area (Å²) >= 11 is 6.00. The Morgan fingerprint density at radius 2 is 1.94 bits per heavy atom. The minimum Gasteiger partial charge on any atom is -0.382 e. The van der Waals surface area contributed by atoms with Gasteiger partial charge in [0.1, 0.15) is 17.2 Å². The van der Waals surface area contributed by atoms with Gasteiger partial charge in [-0.1, -0.05) is 17.7 Å². The molecule has 0 saturated heterocycles. The van der Waals surface area contributed by atoms with Crippen molar-refractivity contribution < 1.29 is 0 Å². The first-order valence-corrected chi connectivity index (χ1v) is 5.56. The van der Waals surface area contributed by atoms with Crippen LogP contribution in [0.5, 0.6) is 0 Å². The summed E-state index contributed by atoms with van der Waals surface area (Å²) in [6.07, 6.45) is 1.38. The molecule has 0 aliphatic rings. The van der Waals surface area contributed by atoms with Crippen molar-refractivity contribution in [1.29, 1.82) is 0 Å². The third-order valence-corrected chi connectivity index (χ3v) is 2.96. The molecule has 0 aliphatic heterocycles. The molecule has 0 saturated carbocycles. The minimum absolute atomic E-state index is 0.271. The number of benzene rings is 1. The summed E-state index contributed by atoms with van der Waals surface area (Å²) < 4.78 is 0. The Morgan fingerprint density at radius 1 is 1.18 bits per heavy atom. The van der Waals surface area contributed by atoms with Crippen LogP contribution < -0.4 is 11.1 Å². The van der Waals surface area contributed by atoms with Crippen LogP contribution in [0.4, 0.5) is 17.3 Å². The molecule has 2 rings (SSSR count). The van der Waals surface area contributed by atoms with E-state index in [2.05, 4.69) is 29.1 Å². The summed E-state index contributed by atoms with van der Waals surface area (Å²) in [4.78, 5) is 7.86. The zero-order chi connectivity index (χ0) is 12.4. The predicted molar refractivity (Wildman–Crippen MR) is 70.7 cm³/mol. The molecular weight excluding hydrogens is 236 g/mol. The largest absolute Gasteiger partial charge is 0.382 e. The number of hydrogen-bond acceptors (Lipinski definition) is 4. The molecule has 0 aliphatic carbocycles. The molecular formula is C12H13ClN4. The Kier molecular flexibility index (Phi) is 3.15. The van der Waals surface area contributed by atoms with E-state index in [1.807, 2.05) is 18.2 Å². The number of anilines is 3. The van der Waals surface area contributed by atoms with Crippen LogP contribution in [-0.2, 0) is 0 Å². The van der Waals surface area contributed by atoms with Gasteiger partial charge >= 0.3 is 0 Å².